The van der Waals surface area contributed by atoms with Crippen LogP contribution < -0.4 is 5.32 Å². The first-order valence-electron chi connectivity index (χ1n) is 9.21. The van der Waals surface area contributed by atoms with Gasteiger partial charge in [0, 0.05) is 27.7 Å². The summed E-state index contributed by atoms with van der Waals surface area (Å²) in [6.45, 7) is 4.93. The fraction of sp³-hybridized carbons (Fsp3) is 0.706. The maximum Gasteiger partial charge on any atom is 0.483 e. The van der Waals surface area contributed by atoms with E-state index in [1.165, 1.54) is 0 Å². The molecule has 0 aromatic heterocycles. The molecule has 32 heavy (non-hydrogen) atoms. The van der Waals surface area contributed by atoms with Crippen LogP contribution in [0.5, 0.6) is 0 Å². The van der Waals surface area contributed by atoms with Crippen LogP contribution in [0, 0.1) is 0 Å². The number of amides is 1. The van der Waals surface area contributed by atoms with Crippen molar-refractivity contribution in [2.45, 2.75) is 71.4 Å². The van der Waals surface area contributed by atoms with E-state index in [0.717, 1.165) is 34.6 Å². The van der Waals surface area contributed by atoms with Crippen LogP contribution in [0.1, 0.15) is 34.6 Å². The van der Waals surface area contributed by atoms with Crippen LogP contribution in [0.15, 0.2) is 0 Å². The molecule has 1 N–H and O–H groups in total. The zero-order valence-corrected chi connectivity index (χ0v) is 18.8. The molecule has 15 heteroatoms. The van der Waals surface area contributed by atoms with E-state index in [0.29, 0.717) is 0 Å². The molecule has 1 rings (SSSR count). The van der Waals surface area contributed by atoms with Crippen LogP contribution in [0.3, 0.4) is 0 Å². The zero-order chi connectivity index (χ0) is 24.6. The number of esters is 3. The van der Waals surface area contributed by atoms with Gasteiger partial charge in [-0.1, -0.05) is 0 Å². The van der Waals surface area contributed by atoms with Gasteiger partial charge in [0.15, 0.2) is 24.6 Å². The lowest BCUT2D eigenvalue weighted by atomic mass is 9.96. The number of carbonyl (C=O) groups excluding carboxylic acids is 5. The van der Waals surface area contributed by atoms with E-state index >= 15 is 0 Å². The minimum absolute atomic E-state index is 0.489. The van der Waals surface area contributed by atoms with Crippen LogP contribution >= 0.6 is 8.77 Å². The van der Waals surface area contributed by atoms with Crippen LogP contribution in [0.25, 0.3) is 0 Å². The average molecular weight is 487 g/mol. The number of hydrogen-bond acceptors (Lipinski definition) is 11. The molecule has 1 aliphatic rings. The minimum atomic E-state index is -4.00. The van der Waals surface area contributed by atoms with Gasteiger partial charge in [0.25, 0.3) is 0 Å². The highest BCUT2D eigenvalue weighted by molar-refractivity contribution is 7.41. The summed E-state index contributed by atoms with van der Waals surface area (Å²) in [5.74, 6) is -4.40. The first-order chi connectivity index (χ1) is 14.8. The van der Waals surface area contributed by atoms with Crippen molar-refractivity contribution in [3.63, 3.8) is 0 Å². The first-order valence-corrected chi connectivity index (χ1v) is 10.2. The summed E-state index contributed by atoms with van der Waals surface area (Å²) >= 11 is 0. The summed E-state index contributed by atoms with van der Waals surface area (Å²) in [6, 6.07) is -1.35. The molecule has 1 saturated heterocycles. The third-order valence-electron chi connectivity index (χ3n) is 3.90. The summed E-state index contributed by atoms with van der Waals surface area (Å²) in [6.07, 6.45) is -7.22. The minimum Gasteiger partial charge on any atom is -0.463 e. The van der Waals surface area contributed by atoms with Crippen LogP contribution in [0.4, 0.5) is 8.39 Å². The summed E-state index contributed by atoms with van der Waals surface area (Å²) in [4.78, 5) is 58.1. The van der Waals surface area contributed by atoms with Crippen molar-refractivity contribution in [1.82, 2.24) is 5.32 Å². The summed E-state index contributed by atoms with van der Waals surface area (Å²) < 4.78 is 55.0. The maximum absolute atomic E-state index is 12.4. The highest BCUT2D eigenvalue weighted by Gasteiger charge is 2.52. The van der Waals surface area contributed by atoms with Crippen molar-refractivity contribution in [1.29, 1.82) is 0 Å². The van der Waals surface area contributed by atoms with Crippen molar-refractivity contribution >= 4 is 38.6 Å². The molecule has 0 saturated carbocycles. The molecular weight excluding hydrogens is 463 g/mol. The molecule has 0 bridgehead atoms. The number of rotatable bonds is 9. The van der Waals surface area contributed by atoms with Crippen LogP contribution in [-0.4, -0.2) is 73.1 Å². The second-order valence-corrected chi connectivity index (χ2v) is 7.20. The molecule has 1 fully saturated rings. The van der Waals surface area contributed by atoms with Crippen LogP contribution in [0.2, 0.25) is 0 Å². The largest absolute Gasteiger partial charge is 0.483 e. The Kier molecular flexibility index (Phi) is 10.8. The Labute approximate surface area is 183 Å². The van der Waals surface area contributed by atoms with Gasteiger partial charge >= 0.3 is 32.6 Å². The van der Waals surface area contributed by atoms with Crippen molar-refractivity contribution < 1.29 is 60.6 Å². The highest BCUT2D eigenvalue weighted by Crippen LogP contribution is 2.40. The fourth-order valence-corrected chi connectivity index (χ4v) is 3.09. The van der Waals surface area contributed by atoms with Crippen molar-refractivity contribution in [2.24, 2.45) is 0 Å². The number of ether oxygens (including phenoxy) is 5. The van der Waals surface area contributed by atoms with Gasteiger partial charge in [-0.3, -0.25) is 19.2 Å². The Bertz CT molecular complexity index is 723. The van der Waals surface area contributed by atoms with E-state index in [-0.39, 0.29) is 0 Å². The summed E-state index contributed by atoms with van der Waals surface area (Å²) in [5.41, 5.74) is 0. The molecule has 0 radical (unpaired) electrons. The molecule has 6 atom stereocenters. The van der Waals surface area contributed by atoms with Crippen molar-refractivity contribution in [2.75, 3.05) is 6.61 Å². The fourth-order valence-electron chi connectivity index (χ4n) is 2.81. The van der Waals surface area contributed by atoms with Crippen LogP contribution in [-0.2, 0) is 52.2 Å². The SMILES string of the molecule is CC(=O)NC1C(OC(C)C(=O)OP(F)F)OC(COC(C)=O)C(OC(C)=O)C1OC(C)=O. The number of halogens is 2. The van der Waals surface area contributed by atoms with E-state index in [2.05, 4.69) is 9.84 Å². The van der Waals surface area contributed by atoms with Gasteiger partial charge in [0.1, 0.15) is 18.8 Å². The lowest BCUT2D eigenvalue weighted by Gasteiger charge is -2.45. The van der Waals surface area contributed by atoms with Crippen molar-refractivity contribution in [3.05, 3.63) is 0 Å². The quantitative estimate of drug-likeness (QED) is 0.279. The Morgan fingerprint density at radius 1 is 0.969 bits per heavy atom. The Morgan fingerprint density at radius 2 is 1.53 bits per heavy atom. The Balaban J connectivity index is 3.32. The van der Waals surface area contributed by atoms with Crippen molar-refractivity contribution in [3.8, 4) is 0 Å². The predicted molar refractivity (Wildman–Crippen MR) is 99.8 cm³/mol. The maximum atomic E-state index is 12.4. The zero-order valence-electron chi connectivity index (χ0n) is 17.9. The molecule has 12 nitrogen and oxygen atoms in total. The summed E-state index contributed by atoms with van der Waals surface area (Å²) in [5, 5.41) is 2.40. The molecule has 0 aliphatic carbocycles. The second kappa shape index (κ2) is 12.6. The molecule has 0 aromatic carbocycles. The normalized spacial score (nSPS) is 25.9. The van der Waals surface area contributed by atoms with Gasteiger partial charge in [-0.15, -0.1) is 8.39 Å². The molecule has 1 amide bonds. The van der Waals surface area contributed by atoms with Gasteiger partial charge in [0.05, 0.1) is 0 Å². The third kappa shape index (κ3) is 8.97. The van der Waals surface area contributed by atoms with Gasteiger partial charge in [-0.05, 0) is 6.92 Å². The topological polar surface area (TPSA) is 153 Å². The number of nitrogens with one attached hydrogen (secondary N) is 1. The second-order valence-electron chi connectivity index (χ2n) is 6.61. The average Bonchev–Trinajstić information content (AvgIpc) is 2.63. The van der Waals surface area contributed by atoms with Gasteiger partial charge < -0.3 is 33.5 Å². The van der Waals surface area contributed by atoms with Gasteiger partial charge in [-0.25, -0.2) is 4.79 Å². The smallest absolute Gasteiger partial charge is 0.463 e. The lowest BCUT2D eigenvalue weighted by Crippen LogP contribution is -2.67. The molecule has 6 unspecified atom stereocenters. The number of carbonyl (C=O) groups is 5. The Morgan fingerprint density at radius 3 is 2.00 bits per heavy atom. The standard InChI is InChI=1S/C17H24F2NO11P/c1-7(16(25)31-32(18)19)27-17-13(20-8(2)21)15(29-11(5)24)14(28-10(4)23)12(30-17)6-26-9(3)22/h7,12-15,17H,6H2,1-5H3,(H,20,21). The third-order valence-corrected chi connectivity index (χ3v) is 4.22. The van der Waals surface area contributed by atoms with E-state index < -0.39 is 81.9 Å². The predicted octanol–water partition coefficient (Wildman–Crippen LogP) is 0.757. The van der Waals surface area contributed by atoms with E-state index in [9.17, 15) is 32.4 Å². The molecule has 182 valence electrons. The van der Waals surface area contributed by atoms with E-state index in [1.54, 1.807) is 0 Å². The van der Waals surface area contributed by atoms with Gasteiger partial charge in [0.2, 0.25) is 5.91 Å². The number of hydrogen-bond donors (Lipinski definition) is 1. The molecule has 1 heterocycles. The Hall–Kier alpha value is -2.44. The first kappa shape index (κ1) is 27.6. The van der Waals surface area contributed by atoms with Gasteiger partial charge in [-0.2, -0.15) is 0 Å². The monoisotopic (exact) mass is 487 g/mol. The molecule has 1 aliphatic heterocycles. The lowest BCUT2D eigenvalue weighted by molar-refractivity contribution is -0.285. The van der Waals surface area contributed by atoms with E-state index in [1.807, 2.05) is 0 Å². The highest BCUT2D eigenvalue weighted by atomic mass is 31.2. The summed E-state index contributed by atoms with van der Waals surface area (Å²) in [7, 11) is -4.00. The molecule has 0 spiro atoms. The molecular formula is C17H24F2NO11P. The molecule has 0 aromatic rings. The van der Waals surface area contributed by atoms with E-state index in [4.69, 9.17) is 23.7 Å².